The van der Waals surface area contributed by atoms with Gasteiger partial charge in [-0.2, -0.15) is 0 Å². The van der Waals surface area contributed by atoms with Gasteiger partial charge < -0.3 is 4.74 Å². The zero-order chi connectivity index (χ0) is 13.2. The first-order chi connectivity index (χ1) is 9.29. The van der Waals surface area contributed by atoms with Crippen LogP contribution in [0, 0.1) is 0 Å². The number of carbonyl (C=O) groups is 1. The third-order valence-corrected chi connectivity index (χ3v) is 3.30. The highest BCUT2D eigenvalue weighted by molar-refractivity contribution is 5.85. The predicted molar refractivity (Wildman–Crippen MR) is 68.9 cm³/mol. The molecule has 3 rings (SSSR count). The lowest BCUT2D eigenvalue weighted by Gasteiger charge is -2.07. The van der Waals surface area contributed by atoms with Crippen LogP contribution in [0.15, 0.2) is 30.3 Å². The van der Waals surface area contributed by atoms with Crippen LogP contribution in [0.3, 0.4) is 0 Å². The molecule has 0 amide bonds. The second-order valence-electron chi connectivity index (χ2n) is 4.49. The number of nitrogens with zero attached hydrogens (tertiary/aromatic N) is 3. The van der Waals surface area contributed by atoms with Crippen LogP contribution >= 0.6 is 0 Å². The van der Waals surface area contributed by atoms with Crippen LogP contribution in [0.5, 0.6) is 0 Å². The Labute approximate surface area is 111 Å². The molecule has 1 aromatic carbocycles. The van der Waals surface area contributed by atoms with Crippen molar-refractivity contribution in [3.63, 3.8) is 0 Å². The molecule has 2 aromatic rings. The minimum absolute atomic E-state index is 0.164. The first-order valence-electron chi connectivity index (χ1n) is 6.46. The maximum absolute atomic E-state index is 11.6. The molecule has 1 atom stereocenters. The van der Waals surface area contributed by atoms with E-state index in [-0.39, 0.29) is 11.7 Å². The molecule has 1 unspecified atom stereocenters. The molecule has 0 aliphatic carbocycles. The average Bonchev–Trinajstić information content (AvgIpc) is 2.99. The van der Waals surface area contributed by atoms with Gasteiger partial charge in [-0.1, -0.05) is 30.3 Å². The van der Waals surface area contributed by atoms with Gasteiger partial charge in [-0.05, 0) is 18.9 Å². The van der Waals surface area contributed by atoms with Gasteiger partial charge in [-0.25, -0.2) is 14.5 Å². The Morgan fingerprint density at radius 1 is 1.42 bits per heavy atom. The van der Waals surface area contributed by atoms with Crippen LogP contribution < -0.4 is 0 Å². The summed E-state index contributed by atoms with van der Waals surface area (Å²) in [5.41, 5.74) is 1.21. The zero-order valence-electron chi connectivity index (χ0n) is 10.7. The molecule has 5 nitrogen and oxygen atoms in total. The summed E-state index contributed by atoms with van der Waals surface area (Å²) in [6, 6.07) is 10.2. The van der Waals surface area contributed by atoms with Crippen molar-refractivity contribution >= 4 is 5.97 Å². The fourth-order valence-corrected chi connectivity index (χ4v) is 2.44. The molecule has 19 heavy (non-hydrogen) atoms. The van der Waals surface area contributed by atoms with Crippen molar-refractivity contribution in [2.45, 2.75) is 25.8 Å². The lowest BCUT2D eigenvalue weighted by Crippen LogP contribution is -2.08. The van der Waals surface area contributed by atoms with Crippen molar-refractivity contribution in [3.8, 4) is 0 Å². The SMILES string of the molecule is CCOC(=O)c1nc2n(n1)CCC2c1ccccc1. The van der Waals surface area contributed by atoms with Gasteiger partial charge in [0.05, 0.1) is 6.61 Å². The molecule has 5 heteroatoms. The molecule has 0 bridgehead atoms. The number of esters is 1. The first-order valence-corrected chi connectivity index (χ1v) is 6.46. The summed E-state index contributed by atoms with van der Waals surface area (Å²) >= 11 is 0. The number of hydrogen-bond acceptors (Lipinski definition) is 4. The van der Waals surface area contributed by atoms with Crippen molar-refractivity contribution in [2.75, 3.05) is 6.61 Å². The Hall–Kier alpha value is -2.17. The number of ether oxygens (including phenoxy) is 1. The van der Waals surface area contributed by atoms with E-state index in [4.69, 9.17) is 4.74 Å². The second-order valence-corrected chi connectivity index (χ2v) is 4.49. The van der Waals surface area contributed by atoms with Gasteiger partial charge in [-0.3, -0.25) is 0 Å². The van der Waals surface area contributed by atoms with E-state index >= 15 is 0 Å². The zero-order valence-corrected chi connectivity index (χ0v) is 10.7. The van der Waals surface area contributed by atoms with E-state index in [2.05, 4.69) is 22.2 Å². The lowest BCUT2D eigenvalue weighted by molar-refractivity contribution is 0.0511. The summed E-state index contributed by atoms with van der Waals surface area (Å²) in [7, 11) is 0. The Morgan fingerprint density at radius 3 is 2.95 bits per heavy atom. The van der Waals surface area contributed by atoms with E-state index in [0.717, 1.165) is 18.8 Å². The summed E-state index contributed by atoms with van der Waals surface area (Å²) in [5, 5.41) is 4.22. The maximum Gasteiger partial charge on any atom is 0.378 e. The van der Waals surface area contributed by atoms with Crippen molar-refractivity contribution in [2.24, 2.45) is 0 Å². The molecule has 1 aliphatic rings. The molecule has 0 radical (unpaired) electrons. The number of rotatable bonds is 3. The average molecular weight is 257 g/mol. The predicted octanol–water partition coefficient (Wildman–Crippen LogP) is 1.99. The normalized spacial score (nSPS) is 17.2. The van der Waals surface area contributed by atoms with Crippen LogP contribution in [0.1, 0.15) is 41.3 Å². The van der Waals surface area contributed by atoms with Crippen molar-refractivity contribution in [1.82, 2.24) is 14.8 Å². The standard InChI is InChI=1S/C14H15N3O2/c1-2-19-14(18)12-15-13-11(8-9-17(13)16-12)10-6-4-3-5-7-10/h3-7,11H,2,8-9H2,1H3. The van der Waals surface area contributed by atoms with Gasteiger partial charge in [0.15, 0.2) is 0 Å². The highest BCUT2D eigenvalue weighted by Crippen LogP contribution is 2.32. The number of carbonyl (C=O) groups excluding carboxylic acids is 1. The molecule has 0 fully saturated rings. The number of fused-ring (bicyclic) bond motifs is 1. The number of hydrogen-bond donors (Lipinski definition) is 0. The highest BCUT2D eigenvalue weighted by Gasteiger charge is 2.29. The summed E-state index contributed by atoms with van der Waals surface area (Å²) < 4.78 is 6.74. The van der Waals surface area contributed by atoms with Crippen molar-refractivity contribution in [3.05, 3.63) is 47.5 Å². The third-order valence-electron chi connectivity index (χ3n) is 3.30. The van der Waals surface area contributed by atoms with Crippen LogP contribution in [0.25, 0.3) is 0 Å². The lowest BCUT2D eigenvalue weighted by atomic mass is 9.97. The fourth-order valence-electron chi connectivity index (χ4n) is 2.44. The van der Waals surface area contributed by atoms with E-state index in [1.54, 1.807) is 6.92 Å². The number of aromatic nitrogens is 3. The van der Waals surface area contributed by atoms with E-state index in [1.807, 2.05) is 22.9 Å². The van der Waals surface area contributed by atoms with Gasteiger partial charge in [0, 0.05) is 12.5 Å². The quantitative estimate of drug-likeness (QED) is 0.789. The van der Waals surface area contributed by atoms with Crippen LogP contribution in [0.2, 0.25) is 0 Å². The molecule has 1 aliphatic heterocycles. The highest BCUT2D eigenvalue weighted by atomic mass is 16.5. The monoisotopic (exact) mass is 257 g/mol. The number of benzene rings is 1. The Bertz CT molecular complexity index is 592. The maximum atomic E-state index is 11.6. The molecular weight excluding hydrogens is 242 g/mol. The number of aryl methyl sites for hydroxylation is 1. The van der Waals surface area contributed by atoms with Gasteiger partial charge in [0.1, 0.15) is 5.82 Å². The molecule has 98 valence electrons. The van der Waals surface area contributed by atoms with Gasteiger partial charge in [0.25, 0.3) is 5.82 Å². The van der Waals surface area contributed by atoms with Crippen molar-refractivity contribution < 1.29 is 9.53 Å². The topological polar surface area (TPSA) is 57.0 Å². The van der Waals surface area contributed by atoms with Crippen LogP contribution in [0.4, 0.5) is 0 Å². The minimum Gasteiger partial charge on any atom is -0.460 e. The summed E-state index contributed by atoms with van der Waals surface area (Å²) in [6.45, 7) is 2.90. The summed E-state index contributed by atoms with van der Waals surface area (Å²) in [6.07, 6.45) is 0.975. The first kappa shape index (κ1) is 11.9. The Morgan fingerprint density at radius 2 is 2.21 bits per heavy atom. The summed E-state index contributed by atoms with van der Waals surface area (Å²) in [5.74, 6) is 0.792. The van der Waals surface area contributed by atoms with E-state index in [0.29, 0.717) is 6.61 Å². The molecular formula is C14H15N3O2. The van der Waals surface area contributed by atoms with E-state index in [1.165, 1.54) is 5.56 Å². The van der Waals surface area contributed by atoms with Crippen molar-refractivity contribution in [1.29, 1.82) is 0 Å². The van der Waals surface area contributed by atoms with E-state index < -0.39 is 5.97 Å². The van der Waals surface area contributed by atoms with Crippen LogP contribution in [-0.4, -0.2) is 27.3 Å². The molecule has 0 saturated carbocycles. The molecule has 0 spiro atoms. The van der Waals surface area contributed by atoms with Gasteiger partial charge in [-0.15, -0.1) is 5.10 Å². The summed E-state index contributed by atoms with van der Waals surface area (Å²) in [4.78, 5) is 16.0. The molecule has 2 heterocycles. The van der Waals surface area contributed by atoms with Gasteiger partial charge in [0.2, 0.25) is 0 Å². The fraction of sp³-hybridized carbons (Fsp3) is 0.357. The smallest absolute Gasteiger partial charge is 0.378 e. The van der Waals surface area contributed by atoms with E-state index in [9.17, 15) is 4.79 Å². The Kier molecular flexibility index (Phi) is 3.03. The largest absolute Gasteiger partial charge is 0.460 e. The van der Waals surface area contributed by atoms with Gasteiger partial charge >= 0.3 is 5.97 Å². The Balaban J connectivity index is 1.90. The molecule has 1 aromatic heterocycles. The third kappa shape index (κ3) is 2.12. The molecule has 0 N–H and O–H groups in total. The molecule has 0 saturated heterocycles. The van der Waals surface area contributed by atoms with Crippen LogP contribution in [-0.2, 0) is 11.3 Å². The second kappa shape index (κ2) is 4.84. The minimum atomic E-state index is -0.448.